The Morgan fingerprint density at radius 3 is 2.53 bits per heavy atom. The van der Waals surface area contributed by atoms with Gasteiger partial charge in [0, 0.05) is 3.57 Å². The Balaban J connectivity index is 2.64. The van der Waals surface area contributed by atoms with E-state index in [-0.39, 0.29) is 5.76 Å². The predicted molar refractivity (Wildman–Crippen MR) is 71.2 cm³/mol. The van der Waals surface area contributed by atoms with Gasteiger partial charge in [-0.3, -0.25) is 9.78 Å². The first-order chi connectivity index (χ1) is 8.17. The molecule has 0 saturated carbocycles. The van der Waals surface area contributed by atoms with Crippen LogP contribution in [0.4, 0.5) is 0 Å². The van der Waals surface area contributed by atoms with Crippen LogP contribution in [0.5, 0.6) is 5.75 Å². The van der Waals surface area contributed by atoms with Gasteiger partial charge in [-0.15, -0.1) is 0 Å². The van der Waals surface area contributed by atoms with Gasteiger partial charge in [0.05, 0.1) is 7.11 Å². The molecule has 0 heterocycles. The Bertz CT molecular complexity index is 423. The molecule has 0 aliphatic rings. The standard InChI is InChI=1S/C12H11IO4/c1-3-4-11(12(14)15-2)17-16-10-7-5-9(13)6-8-10/h3-8H,1H2,2H3/b11-4-. The van der Waals surface area contributed by atoms with Crippen molar-refractivity contribution in [1.29, 1.82) is 0 Å². The summed E-state index contributed by atoms with van der Waals surface area (Å²) in [7, 11) is 1.26. The Morgan fingerprint density at radius 2 is 2.00 bits per heavy atom. The smallest absolute Gasteiger partial charge is 0.378 e. The average Bonchev–Trinajstić information content (AvgIpc) is 2.35. The molecule has 0 amide bonds. The van der Waals surface area contributed by atoms with E-state index in [2.05, 4.69) is 33.9 Å². The van der Waals surface area contributed by atoms with Gasteiger partial charge in [0.15, 0.2) is 5.75 Å². The first-order valence-electron chi connectivity index (χ1n) is 4.68. The molecule has 0 aliphatic heterocycles. The fourth-order valence-electron chi connectivity index (χ4n) is 0.921. The maximum absolute atomic E-state index is 11.2. The van der Waals surface area contributed by atoms with E-state index in [0.717, 1.165) is 3.57 Å². The number of allylic oxidation sites excluding steroid dienone is 2. The van der Waals surface area contributed by atoms with Crippen molar-refractivity contribution in [2.75, 3.05) is 7.11 Å². The zero-order valence-corrected chi connectivity index (χ0v) is 11.3. The molecule has 0 bridgehead atoms. The second-order valence-electron chi connectivity index (χ2n) is 2.88. The number of hydrogen-bond acceptors (Lipinski definition) is 4. The van der Waals surface area contributed by atoms with Crippen LogP contribution in [0.1, 0.15) is 0 Å². The highest BCUT2D eigenvalue weighted by atomic mass is 127. The number of halogens is 1. The lowest BCUT2D eigenvalue weighted by Gasteiger charge is -2.07. The van der Waals surface area contributed by atoms with Crippen molar-refractivity contribution in [3.63, 3.8) is 0 Å². The zero-order valence-electron chi connectivity index (χ0n) is 9.18. The quantitative estimate of drug-likeness (QED) is 0.156. The second-order valence-corrected chi connectivity index (χ2v) is 4.12. The molecule has 1 aromatic carbocycles. The number of methoxy groups -OCH3 is 1. The summed E-state index contributed by atoms with van der Waals surface area (Å²) < 4.78 is 5.59. The van der Waals surface area contributed by atoms with Gasteiger partial charge in [0.1, 0.15) is 0 Å². The molecule has 1 rings (SSSR count). The topological polar surface area (TPSA) is 44.8 Å². The summed E-state index contributed by atoms with van der Waals surface area (Å²) in [6.45, 7) is 3.46. The third kappa shape index (κ3) is 4.48. The molecule has 0 spiro atoms. The van der Waals surface area contributed by atoms with Crippen LogP contribution in [0, 0.1) is 3.57 Å². The maximum Gasteiger partial charge on any atom is 0.378 e. The number of rotatable bonds is 5. The highest BCUT2D eigenvalue weighted by molar-refractivity contribution is 14.1. The third-order valence-corrected chi connectivity index (χ3v) is 2.42. The van der Waals surface area contributed by atoms with Gasteiger partial charge < -0.3 is 4.74 Å². The summed E-state index contributed by atoms with van der Waals surface area (Å²) in [6, 6.07) is 7.16. The van der Waals surface area contributed by atoms with Crippen molar-refractivity contribution in [3.05, 3.63) is 52.3 Å². The predicted octanol–water partition coefficient (Wildman–Crippen LogP) is 2.84. The lowest BCUT2D eigenvalue weighted by molar-refractivity contribution is -0.184. The highest BCUT2D eigenvalue weighted by Crippen LogP contribution is 2.15. The largest absolute Gasteiger partial charge is 0.463 e. The molecule has 4 nitrogen and oxygen atoms in total. The summed E-state index contributed by atoms with van der Waals surface area (Å²) in [5.41, 5.74) is 0. The van der Waals surface area contributed by atoms with Crippen molar-refractivity contribution in [2.45, 2.75) is 0 Å². The van der Waals surface area contributed by atoms with Crippen LogP contribution in [0.2, 0.25) is 0 Å². The molecule has 0 fully saturated rings. The Kier molecular flexibility index (Phi) is 5.55. The maximum atomic E-state index is 11.2. The Labute approximate surface area is 113 Å². The number of ether oxygens (including phenoxy) is 1. The minimum atomic E-state index is -0.629. The van der Waals surface area contributed by atoms with Gasteiger partial charge in [-0.1, -0.05) is 12.7 Å². The summed E-state index contributed by atoms with van der Waals surface area (Å²) in [5.74, 6) is -0.208. The first kappa shape index (κ1) is 13.6. The van der Waals surface area contributed by atoms with Gasteiger partial charge in [-0.25, -0.2) is 4.79 Å². The van der Waals surface area contributed by atoms with E-state index in [0.29, 0.717) is 5.75 Å². The van der Waals surface area contributed by atoms with E-state index in [1.807, 2.05) is 12.1 Å². The Morgan fingerprint density at radius 1 is 1.35 bits per heavy atom. The molecule has 0 N–H and O–H groups in total. The number of hydrogen-bond donors (Lipinski definition) is 0. The van der Waals surface area contributed by atoms with Crippen molar-refractivity contribution >= 4 is 28.6 Å². The molecule has 5 heteroatoms. The summed E-state index contributed by atoms with van der Waals surface area (Å²) in [6.07, 6.45) is 2.77. The van der Waals surface area contributed by atoms with E-state index >= 15 is 0 Å². The van der Waals surface area contributed by atoms with E-state index in [9.17, 15) is 4.79 Å². The molecule has 1 aromatic rings. The SMILES string of the molecule is C=C/C=C(\OOc1ccc(I)cc1)C(=O)OC. The van der Waals surface area contributed by atoms with Crippen LogP contribution in [-0.2, 0) is 14.4 Å². The molecule has 0 saturated heterocycles. The van der Waals surface area contributed by atoms with Gasteiger partial charge in [0.25, 0.3) is 5.76 Å². The molecule has 0 radical (unpaired) electrons. The first-order valence-corrected chi connectivity index (χ1v) is 5.76. The number of carbonyl (C=O) groups is 1. The van der Waals surface area contributed by atoms with Gasteiger partial charge >= 0.3 is 5.97 Å². The van der Waals surface area contributed by atoms with Crippen LogP contribution in [-0.4, -0.2) is 13.1 Å². The average molecular weight is 346 g/mol. The van der Waals surface area contributed by atoms with E-state index < -0.39 is 5.97 Å². The molecule has 0 aliphatic carbocycles. The van der Waals surface area contributed by atoms with Crippen LogP contribution < -0.4 is 4.89 Å². The molecule has 0 atom stereocenters. The van der Waals surface area contributed by atoms with E-state index in [4.69, 9.17) is 9.78 Å². The fourth-order valence-corrected chi connectivity index (χ4v) is 1.28. The minimum Gasteiger partial charge on any atom is -0.463 e. The summed E-state index contributed by atoms with van der Waals surface area (Å²) >= 11 is 2.17. The van der Waals surface area contributed by atoms with Gasteiger partial charge in [0.2, 0.25) is 0 Å². The van der Waals surface area contributed by atoms with Crippen molar-refractivity contribution in [2.24, 2.45) is 0 Å². The van der Waals surface area contributed by atoms with E-state index in [1.165, 1.54) is 19.3 Å². The van der Waals surface area contributed by atoms with Crippen LogP contribution in [0.15, 0.2) is 48.8 Å². The normalized spacial score (nSPS) is 10.6. The lowest BCUT2D eigenvalue weighted by Crippen LogP contribution is -2.10. The molecule has 90 valence electrons. The molecular formula is C12H11IO4. The molecule has 0 unspecified atom stereocenters. The van der Waals surface area contributed by atoms with Gasteiger partial charge in [-0.05, 0) is 52.9 Å². The Hall–Kier alpha value is -1.50. The van der Waals surface area contributed by atoms with Crippen LogP contribution in [0.3, 0.4) is 0 Å². The van der Waals surface area contributed by atoms with Crippen LogP contribution in [0.25, 0.3) is 0 Å². The third-order valence-electron chi connectivity index (χ3n) is 1.70. The highest BCUT2D eigenvalue weighted by Gasteiger charge is 2.12. The van der Waals surface area contributed by atoms with Crippen molar-refractivity contribution < 1.29 is 19.3 Å². The van der Waals surface area contributed by atoms with Crippen molar-refractivity contribution in [1.82, 2.24) is 0 Å². The van der Waals surface area contributed by atoms with E-state index in [1.54, 1.807) is 12.1 Å². The molecule has 17 heavy (non-hydrogen) atoms. The number of carbonyl (C=O) groups excluding carboxylic acids is 1. The zero-order chi connectivity index (χ0) is 12.7. The van der Waals surface area contributed by atoms with Crippen LogP contribution >= 0.6 is 22.6 Å². The molecular weight excluding hydrogens is 335 g/mol. The number of esters is 1. The van der Waals surface area contributed by atoms with Crippen molar-refractivity contribution in [3.8, 4) is 5.75 Å². The number of benzene rings is 1. The summed E-state index contributed by atoms with van der Waals surface area (Å²) in [4.78, 5) is 21.1. The molecule has 0 aromatic heterocycles. The monoisotopic (exact) mass is 346 g/mol. The summed E-state index contributed by atoms with van der Waals surface area (Å²) in [5, 5.41) is 0. The fraction of sp³-hybridized carbons (Fsp3) is 0.0833. The minimum absolute atomic E-state index is 0.0685. The lowest BCUT2D eigenvalue weighted by atomic mass is 10.3. The second kappa shape index (κ2) is 6.95. The van der Waals surface area contributed by atoms with Gasteiger partial charge in [-0.2, -0.15) is 0 Å².